The second kappa shape index (κ2) is 10.8. The van der Waals surface area contributed by atoms with Crippen molar-refractivity contribution in [3.8, 4) is 0 Å². The first kappa shape index (κ1) is 26.0. The van der Waals surface area contributed by atoms with Gasteiger partial charge in [0, 0.05) is 44.1 Å². The Balaban J connectivity index is 0.000000261. The Morgan fingerprint density at radius 2 is 1.60 bits per heavy atom. The molecule has 0 fully saturated rings. The Morgan fingerprint density at radius 3 is 2.14 bits per heavy atom. The van der Waals surface area contributed by atoms with Crippen LogP contribution in [-0.2, 0) is 17.2 Å². The molecule has 0 saturated heterocycles. The Labute approximate surface area is 208 Å². The number of anilines is 1. The number of nitrogens with zero attached hydrogens (tertiary/aromatic N) is 3. The first-order valence-corrected chi connectivity index (χ1v) is 12.7. The molecule has 4 aromatic rings. The van der Waals surface area contributed by atoms with Crippen LogP contribution in [0.2, 0.25) is 0 Å². The molecule has 0 saturated carbocycles. The average Bonchev–Trinajstić information content (AvgIpc) is 3.13. The van der Waals surface area contributed by atoms with Gasteiger partial charge in [0.25, 0.3) is 10.7 Å². The second-order valence-electron chi connectivity index (χ2n) is 7.99. The molecule has 0 aliphatic rings. The van der Waals surface area contributed by atoms with E-state index in [-0.39, 0.29) is 15.5 Å². The molecule has 3 aromatic carbocycles. The van der Waals surface area contributed by atoms with Crippen molar-refractivity contribution in [1.82, 2.24) is 0 Å². The summed E-state index contributed by atoms with van der Waals surface area (Å²) in [6, 6.07) is 19.1. The normalized spacial score (nSPS) is 11.3. The van der Waals surface area contributed by atoms with E-state index < -0.39 is 10.1 Å². The molecule has 0 N–H and O–H groups in total. The third-order valence-corrected chi connectivity index (χ3v) is 7.21. The maximum Gasteiger partial charge on any atom is 0.271 e. The van der Waals surface area contributed by atoms with Crippen molar-refractivity contribution in [1.29, 1.82) is 0 Å². The summed E-state index contributed by atoms with van der Waals surface area (Å²) in [5.41, 5.74) is 4.32. The van der Waals surface area contributed by atoms with E-state index in [4.69, 9.17) is 0 Å². The predicted octanol–water partition coefficient (Wildman–Crippen LogP) is 4.77. The lowest BCUT2D eigenvalue weighted by Gasteiger charge is -2.11. The molecule has 1 heterocycles. The summed E-state index contributed by atoms with van der Waals surface area (Å²) in [4.78, 5) is 12.4. The van der Waals surface area contributed by atoms with Crippen LogP contribution in [0.25, 0.3) is 22.4 Å². The lowest BCUT2D eigenvalue weighted by atomic mass is 10.2. The van der Waals surface area contributed by atoms with Gasteiger partial charge in [0.05, 0.1) is 9.82 Å². The van der Waals surface area contributed by atoms with E-state index in [1.807, 2.05) is 34.1 Å². The number of aromatic nitrogens is 1. The minimum atomic E-state index is -4.27. The quantitative estimate of drug-likeness (QED) is 0.165. The molecule has 0 aliphatic carbocycles. The number of thiazole rings is 1. The third-order valence-electron chi connectivity index (χ3n) is 5.20. The molecule has 0 spiro atoms. The first-order chi connectivity index (χ1) is 16.5. The maximum absolute atomic E-state index is 10.9. The fraction of sp³-hybridized carbons (Fsp3) is 0.160. The summed E-state index contributed by atoms with van der Waals surface area (Å²) >= 11 is 1.55. The van der Waals surface area contributed by atoms with Crippen LogP contribution in [-0.4, -0.2) is 32.0 Å². The summed E-state index contributed by atoms with van der Waals surface area (Å²) in [5.74, 6) is 0. The molecule has 0 radical (unpaired) electrons. The van der Waals surface area contributed by atoms with Crippen molar-refractivity contribution in [2.24, 2.45) is 7.05 Å². The minimum Gasteiger partial charge on any atom is -0.744 e. The molecule has 4 rings (SSSR count). The van der Waals surface area contributed by atoms with Gasteiger partial charge in [-0.2, -0.15) is 4.57 Å². The Bertz CT molecular complexity index is 1470. The van der Waals surface area contributed by atoms with Gasteiger partial charge < -0.3 is 9.45 Å². The molecule has 0 unspecified atom stereocenters. The molecule has 35 heavy (non-hydrogen) atoms. The van der Waals surface area contributed by atoms with Crippen LogP contribution in [0, 0.1) is 17.0 Å². The van der Waals surface area contributed by atoms with Gasteiger partial charge in [-0.25, -0.2) is 8.42 Å². The zero-order valence-electron chi connectivity index (χ0n) is 19.7. The van der Waals surface area contributed by atoms with Gasteiger partial charge in [0.2, 0.25) is 5.52 Å². The van der Waals surface area contributed by atoms with Crippen LogP contribution >= 0.6 is 11.3 Å². The predicted molar refractivity (Wildman–Crippen MR) is 138 cm³/mol. The summed E-state index contributed by atoms with van der Waals surface area (Å²) in [6.07, 6.45) is 4.10. The number of fused-ring (bicyclic) bond motifs is 1. The number of nitro groups is 1. The third kappa shape index (κ3) is 6.72. The summed E-state index contributed by atoms with van der Waals surface area (Å²) in [6.45, 7) is 1.82. The van der Waals surface area contributed by atoms with E-state index in [2.05, 4.69) is 39.8 Å². The van der Waals surface area contributed by atoms with Gasteiger partial charge in [0.15, 0.2) is 0 Å². The average molecular weight is 512 g/mol. The number of non-ortho nitro benzene ring substituents is 1. The molecule has 0 amide bonds. The molecule has 10 heteroatoms. The van der Waals surface area contributed by atoms with Crippen molar-refractivity contribution in [2.75, 3.05) is 19.0 Å². The number of nitro benzene ring substituents is 1. The largest absolute Gasteiger partial charge is 0.744 e. The van der Waals surface area contributed by atoms with Crippen LogP contribution < -0.4 is 9.47 Å². The zero-order valence-corrected chi connectivity index (χ0v) is 21.3. The smallest absolute Gasteiger partial charge is 0.271 e. The van der Waals surface area contributed by atoms with E-state index in [0.29, 0.717) is 0 Å². The summed E-state index contributed by atoms with van der Waals surface area (Å²) in [5, 5.41) is 12.0. The maximum atomic E-state index is 10.9. The zero-order chi connectivity index (χ0) is 25.8. The van der Waals surface area contributed by atoms with Crippen LogP contribution in [0.5, 0.6) is 0 Å². The van der Waals surface area contributed by atoms with E-state index in [0.717, 1.165) is 32.0 Å². The minimum absolute atomic E-state index is 0.124. The lowest BCUT2D eigenvalue weighted by Crippen LogP contribution is -2.28. The van der Waals surface area contributed by atoms with E-state index >= 15 is 0 Å². The van der Waals surface area contributed by atoms with Gasteiger partial charge in [-0.3, -0.25) is 10.1 Å². The number of rotatable bonds is 5. The molecule has 8 nitrogen and oxygen atoms in total. The van der Waals surface area contributed by atoms with E-state index in [1.165, 1.54) is 12.1 Å². The van der Waals surface area contributed by atoms with Crippen molar-refractivity contribution in [3.05, 3.63) is 93.0 Å². The van der Waals surface area contributed by atoms with Gasteiger partial charge >= 0.3 is 0 Å². The fourth-order valence-electron chi connectivity index (χ4n) is 3.18. The Kier molecular flexibility index (Phi) is 8.00. The molecular formula is C25H25N3O5S2. The highest BCUT2D eigenvalue weighted by atomic mass is 32.2. The molecule has 182 valence electrons. The van der Waals surface area contributed by atoms with Crippen molar-refractivity contribution in [3.63, 3.8) is 0 Å². The first-order valence-electron chi connectivity index (χ1n) is 10.5. The van der Waals surface area contributed by atoms with Crippen LogP contribution in [0.1, 0.15) is 16.1 Å². The van der Waals surface area contributed by atoms with E-state index in [1.54, 1.807) is 41.7 Å². The fourth-order valence-corrected chi connectivity index (χ4v) is 4.73. The topological polar surface area (TPSA) is 107 Å². The van der Waals surface area contributed by atoms with Gasteiger partial charge in [0.1, 0.15) is 21.9 Å². The highest BCUT2D eigenvalue weighted by Gasteiger charge is 2.17. The lowest BCUT2D eigenvalue weighted by molar-refractivity contribution is -0.642. The van der Waals surface area contributed by atoms with Crippen molar-refractivity contribution < 1.29 is 22.5 Å². The SMILES string of the molecule is CN(C)c1ccc(/C=C/c2sc3cc([N+](=O)[O-])ccc3[n+]2C)cc1.Cc1ccc(S(=O)(=O)[O-])cc1. The Hall–Kier alpha value is -3.60. The van der Waals surface area contributed by atoms with E-state index in [9.17, 15) is 23.1 Å². The van der Waals surface area contributed by atoms with Gasteiger partial charge in [-0.1, -0.05) is 41.2 Å². The molecule has 0 aliphatic heterocycles. The van der Waals surface area contributed by atoms with Crippen molar-refractivity contribution in [2.45, 2.75) is 11.8 Å². The second-order valence-corrected chi connectivity index (χ2v) is 10.4. The molecular weight excluding hydrogens is 486 g/mol. The highest BCUT2D eigenvalue weighted by Crippen LogP contribution is 2.26. The Morgan fingerprint density at radius 1 is 0.971 bits per heavy atom. The monoisotopic (exact) mass is 511 g/mol. The molecule has 1 aromatic heterocycles. The highest BCUT2D eigenvalue weighted by molar-refractivity contribution is 7.85. The van der Waals surface area contributed by atoms with Crippen LogP contribution in [0.15, 0.2) is 71.6 Å². The number of aryl methyl sites for hydroxylation is 2. The summed E-state index contributed by atoms with van der Waals surface area (Å²) in [7, 11) is 1.73. The number of hydrogen-bond donors (Lipinski definition) is 0. The van der Waals surface area contributed by atoms with Gasteiger partial charge in [-0.05, 0) is 42.8 Å². The molecule has 0 atom stereocenters. The summed E-state index contributed by atoms with van der Waals surface area (Å²) < 4.78 is 34.1. The molecule has 0 bridgehead atoms. The van der Waals surface area contributed by atoms with Gasteiger partial charge in [-0.15, -0.1) is 0 Å². The van der Waals surface area contributed by atoms with Crippen LogP contribution in [0.4, 0.5) is 11.4 Å². The number of benzene rings is 3. The van der Waals surface area contributed by atoms with Crippen molar-refractivity contribution >= 4 is 55.2 Å². The standard InChI is InChI=1S/C18H18N3O2S.C7H8O3S/c1-19(2)14-7-4-13(5-8-14)6-11-18-20(3)16-10-9-15(21(22)23)12-17(16)24-18;1-6-2-4-7(5-3-6)11(8,9)10/h4-12H,1-3H3;2-5H,1H3,(H,8,9,10)/q+1;/p-1. The number of hydrogen-bond acceptors (Lipinski definition) is 7. The van der Waals surface area contributed by atoms with Crippen LogP contribution in [0.3, 0.4) is 0 Å².